The van der Waals surface area contributed by atoms with E-state index < -0.39 is 5.82 Å². The lowest BCUT2D eigenvalue weighted by atomic mass is 10.1. The number of nitrogens with one attached hydrogen (secondary N) is 1. The zero-order valence-electron chi connectivity index (χ0n) is 9.61. The number of anilines is 2. The van der Waals surface area contributed by atoms with E-state index in [2.05, 4.69) is 5.32 Å². The number of nitriles is 2. The van der Waals surface area contributed by atoms with Crippen molar-refractivity contribution in [2.24, 2.45) is 0 Å². The van der Waals surface area contributed by atoms with Crippen molar-refractivity contribution in [3.8, 4) is 12.1 Å². The molecule has 0 spiro atoms. The molecule has 19 heavy (non-hydrogen) atoms. The van der Waals surface area contributed by atoms with Gasteiger partial charge in [0.05, 0.1) is 28.6 Å². The minimum atomic E-state index is -0.567. The molecule has 2 aromatic carbocycles. The maximum atomic E-state index is 13.7. The summed E-state index contributed by atoms with van der Waals surface area (Å²) in [7, 11) is 0. The lowest BCUT2D eigenvalue weighted by Gasteiger charge is -2.09. The molecule has 0 aromatic heterocycles. The monoisotopic (exact) mass is 271 g/mol. The maximum Gasteiger partial charge on any atom is 0.147 e. The first-order valence-corrected chi connectivity index (χ1v) is 5.68. The molecule has 0 aliphatic heterocycles. The van der Waals surface area contributed by atoms with Gasteiger partial charge in [-0.3, -0.25) is 0 Å². The lowest BCUT2D eigenvalue weighted by molar-refractivity contribution is 0.631. The molecule has 0 bridgehead atoms. The van der Waals surface area contributed by atoms with Gasteiger partial charge in [-0.25, -0.2) is 4.39 Å². The molecule has 0 amide bonds. The van der Waals surface area contributed by atoms with Gasteiger partial charge in [-0.15, -0.1) is 0 Å². The summed E-state index contributed by atoms with van der Waals surface area (Å²) in [6.45, 7) is 0. The second-order valence-corrected chi connectivity index (χ2v) is 4.17. The van der Waals surface area contributed by atoms with Gasteiger partial charge in [0.15, 0.2) is 0 Å². The van der Waals surface area contributed by atoms with Gasteiger partial charge in [0.2, 0.25) is 0 Å². The Morgan fingerprint density at radius 3 is 2.42 bits per heavy atom. The molecule has 0 heterocycles. The van der Waals surface area contributed by atoms with E-state index in [0.717, 1.165) is 6.07 Å². The van der Waals surface area contributed by atoms with Gasteiger partial charge in [-0.1, -0.05) is 11.6 Å². The fourth-order valence-electron chi connectivity index (χ4n) is 1.55. The molecule has 3 nitrogen and oxygen atoms in total. The fraction of sp³-hybridized carbons (Fsp3) is 0. The molecular weight excluding hydrogens is 265 g/mol. The van der Waals surface area contributed by atoms with Crippen LogP contribution in [0, 0.1) is 28.5 Å². The van der Waals surface area contributed by atoms with E-state index in [1.165, 1.54) is 18.2 Å². The molecule has 0 fully saturated rings. The number of hydrogen-bond acceptors (Lipinski definition) is 3. The van der Waals surface area contributed by atoms with Crippen LogP contribution in [-0.2, 0) is 0 Å². The third-order valence-corrected chi connectivity index (χ3v) is 2.70. The number of benzene rings is 2. The Morgan fingerprint density at radius 2 is 1.79 bits per heavy atom. The van der Waals surface area contributed by atoms with Crippen molar-refractivity contribution < 1.29 is 4.39 Å². The number of rotatable bonds is 2. The van der Waals surface area contributed by atoms with Crippen molar-refractivity contribution in [2.45, 2.75) is 0 Å². The molecule has 0 saturated heterocycles. The zero-order valence-corrected chi connectivity index (χ0v) is 10.4. The number of halogens is 2. The molecule has 0 radical (unpaired) electrons. The minimum Gasteiger partial charge on any atom is -0.352 e. The topological polar surface area (TPSA) is 59.6 Å². The van der Waals surface area contributed by atoms with Crippen LogP contribution in [0.2, 0.25) is 5.02 Å². The highest BCUT2D eigenvalue weighted by Gasteiger charge is 2.07. The van der Waals surface area contributed by atoms with Crippen molar-refractivity contribution in [3.63, 3.8) is 0 Å². The van der Waals surface area contributed by atoms with E-state index in [1.807, 2.05) is 12.1 Å². The Bertz CT molecular complexity index is 714. The van der Waals surface area contributed by atoms with Crippen LogP contribution < -0.4 is 5.32 Å². The van der Waals surface area contributed by atoms with Crippen molar-refractivity contribution in [2.75, 3.05) is 5.32 Å². The van der Waals surface area contributed by atoms with Crippen LogP contribution in [-0.4, -0.2) is 0 Å². The van der Waals surface area contributed by atoms with Crippen molar-refractivity contribution in [3.05, 3.63) is 58.4 Å². The highest BCUT2D eigenvalue weighted by molar-refractivity contribution is 6.30. The average Bonchev–Trinajstić information content (AvgIpc) is 2.41. The molecule has 2 aromatic rings. The third kappa shape index (κ3) is 2.82. The maximum absolute atomic E-state index is 13.7. The van der Waals surface area contributed by atoms with E-state index in [0.29, 0.717) is 16.3 Å². The normalized spacial score (nSPS) is 9.47. The van der Waals surface area contributed by atoms with Crippen LogP contribution in [0.5, 0.6) is 0 Å². The van der Waals surface area contributed by atoms with Crippen LogP contribution in [0.15, 0.2) is 36.4 Å². The van der Waals surface area contributed by atoms with Crippen LogP contribution in [0.25, 0.3) is 0 Å². The highest BCUT2D eigenvalue weighted by Crippen LogP contribution is 2.26. The summed E-state index contributed by atoms with van der Waals surface area (Å²) < 4.78 is 13.7. The Hall–Kier alpha value is -2.56. The predicted molar refractivity (Wildman–Crippen MR) is 70.6 cm³/mol. The minimum absolute atomic E-state index is 0.178. The quantitative estimate of drug-likeness (QED) is 0.899. The summed E-state index contributed by atoms with van der Waals surface area (Å²) in [4.78, 5) is 0. The summed E-state index contributed by atoms with van der Waals surface area (Å²) >= 11 is 5.84. The van der Waals surface area contributed by atoms with Gasteiger partial charge in [0.25, 0.3) is 0 Å². The first-order chi connectivity index (χ1) is 9.13. The summed E-state index contributed by atoms with van der Waals surface area (Å²) in [5.74, 6) is -0.567. The molecule has 92 valence electrons. The molecular formula is C14H7ClFN3. The molecule has 5 heteroatoms. The van der Waals surface area contributed by atoms with E-state index >= 15 is 0 Å². The van der Waals surface area contributed by atoms with Gasteiger partial charge in [0, 0.05) is 5.02 Å². The van der Waals surface area contributed by atoms with Crippen LogP contribution >= 0.6 is 11.6 Å². The first kappa shape index (κ1) is 12.9. The average molecular weight is 272 g/mol. The smallest absolute Gasteiger partial charge is 0.147 e. The summed E-state index contributed by atoms with van der Waals surface area (Å²) in [6.07, 6.45) is 0. The molecule has 0 aliphatic rings. The van der Waals surface area contributed by atoms with E-state index in [9.17, 15) is 4.39 Å². The largest absolute Gasteiger partial charge is 0.352 e. The first-order valence-electron chi connectivity index (χ1n) is 5.30. The van der Waals surface area contributed by atoms with Gasteiger partial charge >= 0.3 is 0 Å². The second-order valence-electron chi connectivity index (χ2n) is 3.73. The molecule has 2 rings (SSSR count). The van der Waals surface area contributed by atoms with Gasteiger partial charge in [-0.2, -0.15) is 10.5 Å². The van der Waals surface area contributed by atoms with Crippen molar-refractivity contribution in [1.29, 1.82) is 10.5 Å². The third-order valence-electron chi connectivity index (χ3n) is 2.47. The Kier molecular flexibility index (Phi) is 3.66. The van der Waals surface area contributed by atoms with Crippen LogP contribution in [0.4, 0.5) is 15.8 Å². The summed E-state index contributed by atoms with van der Waals surface area (Å²) in [5.41, 5.74) is 1.18. The Labute approximate surface area is 114 Å². The van der Waals surface area contributed by atoms with E-state index in [4.69, 9.17) is 22.1 Å². The molecule has 0 atom stereocenters. The number of hydrogen-bond donors (Lipinski definition) is 1. The van der Waals surface area contributed by atoms with Gasteiger partial charge < -0.3 is 5.32 Å². The zero-order chi connectivity index (χ0) is 13.8. The summed E-state index contributed by atoms with van der Waals surface area (Å²) in [6, 6.07) is 12.6. The SMILES string of the molecule is N#Cc1ccc(Nc2cc(Cl)ccc2C#N)c(F)c1. The van der Waals surface area contributed by atoms with Gasteiger partial charge in [-0.05, 0) is 36.4 Å². The molecule has 0 aliphatic carbocycles. The van der Waals surface area contributed by atoms with Crippen LogP contribution in [0.3, 0.4) is 0 Å². The van der Waals surface area contributed by atoms with Crippen molar-refractivity contribution in [1.82, 2.24) is 0 Å². The van der Waals surface area contributed by atoms with E-state index in [1.54, 1.807) is 12.1 Å². The highest BCUT2D eigenvalue weighted by atomic mass is 35.5. The number of nitrogens with zero attached hydrogens (tertiary/aromatic N) is 2. The predicted octanol–water partition coefficient (Wildman–Crippen LogP) is 3.97. The molecule has 0 saturated carbocycles. The Balaban J connectivity index is 2.40. The Morgan fingerprint density at radius 1 is 1.00 bits per heavy atom. The molecule has 1 N–H and O–H groups in total. The summed E-state index contributed by atoms with van der Waals surface area (Å²) in [5, 5.41) is 20.9. The van der Waals surface area contributed by atoms with Crippen molar-refractivity contribution >= 4 is 23.0 Å². The van der Waals surface area contributed by atoms with Crippen LogP contribution in [0.1, 0.15) is 11.1 Å². The second kappa shape index (κ2) is 5.39. The standard InChI is InChI=1S/C14H7ClFN3/c15-11-3-2-10(8-18)14(6-11)19-13-4-1-9(7-17)5-12(13)16/h1-6,19H. The fourth-order valence-corrected chi connectivity index (χ4v) is 1.72. The molecule has 0 unspecified atom stereocenters. The van der Waals surface area contributed by atoms with Gasteiger partial charge in [0.1, 0.15) is 11.9 Å². The van der Waals surface area contributed by atoms with E-state index in [-0.39, 0.29) is 11.3 Å². The lowest BCUT2D eigenvalue weighted by Crippen LogP contribution is -1.97.